The van der Waals surface area contributed by atoms with Crippen molar-refractivity contribution in [2.45, 2.75) is 27.3 Å². The molecular weight excluding hydrogens is 412 g/mol. The summed E-state index contributed by atoms with van der Waals surface area (Å²) in [7, 11) is 1.68. The minimum absolute atomic E-state index is 0.765. The average Bonchev–Trinajstić information content (AvgIpc) is 3.30. The van der Waals surface area contributed by atoms with E-state index >= 15 is 0 Å². The summed E-state index contributed by atoms with van der Waals surface area (Å²) in [5.74, 6) is 1.70. The number of benzene rings is 2. The largest absolute Gasteiger partial charge is 0.496 e. The first-order valence-electron chi connectivity index (χ1n) is 11.9. The van der Waals surface area contributed by atoms with E-state index in [4.69, 9.17) is 9.26 Å². The molecule has 0 spiro atoms. The molecule has 2 heterocycles. The van der Waals surface area contributed by atoms with E-state index in [2.05, 4.69) is 58.8 Å². The van der Waals surface area contributed by atoms with Crippen LogP contribution in [0.2, 0.25) is 0 Å². The summed E-state index contributed by atoms with van der Waals surface area (Å²) in [6.45, 7) is 14.8. The number of hydrogen-bond donors (Lipinski definition) is 0. The van der Waals surface area contributed by atoms with Crippen molar-refractivity contribution in [1.82, 2.24) is 15.0 Å². The Balaban J connectivity index is 1.28. The number of aromatic nitrogens is 1. The molecule has 1 aliphatic rings. The molecule has 1 aliphatic heterocycles. The number of rotatable bonds is 9. The van der Waals surface area contributed by atoms with Crippen molar-refractivity contribution in [3.05, 3.63) is 65.4 Å². The number of hydrogen-bond acceptors (Lipinski definition) is 6. The van der Waals surface area contributed by atoms with E-state index in [1.165, 1.54) is 16.8 Å². The van der Waals surface area contributed by atoms with Crippen molar-refractivity contribution < 1.29 is 9.26 Å². The minimum Gasteiger partial charge on any atom is -0.496 e. The highest BCUT2D eigenvalue weighted by Gasteiger charge is 2.19. The summed E-state index contributed by atoms with van der Waals surface area (Å²) in [6, 6.07) is 16.7. The number of para-hydroxylation sites is 1. The Kier molecular flexibility index (Phi) is 7.68. The lowest BCUT2D eigenvalue weighted by Crippen LogP contribution is -2.48. The molecule has 2 aromatic carbocycles. The molecule has 0 bridgehead atoms. The second-order valence-corrected chi connectivity index (χ2v) is 8.87. The normalized spacial score (nSPS) is 14.8. The van der Waals surface area contributed by atoms with Crippen molar-refractivity contribution in [2.24, 2.45) is 0 Å². The lowest BCUT2D eigenvalue weighted by Gasteiger charge is -2.37. The van der Waals surface area contributed by atoms with Crippen LogP contribution in [-0.4, -0.2) is 67.9 Å². The molecule has 0 atom stereocenters. The van der Waals surface area contributed by atoms with Crippen molar-refractivity contribution in [3.8, 4) is 17.0 Å². The molecule has 3 aromatic rings. The van der Waals surface area contributed by atoms with Crippen molar-refractivity contribution >= 4 is 5.69 Å². The maximum Gasteiger partial charge on any atom is 0.151 e. The first-order chi connectivity index (χ1) is 16.1. The van der Waals surface area contributed by atoms with Gasteiger partial charge in [-0.05, 0) is 44.2 Å². The number of anilines is 1. The fourth-order valence-electron chi connectivity index (χ4n) is 4.60. The van der Waals surface area contributed by atoms with Crippen LogP contribution in [0.4, 0.5) is 5.69 Å². The van der Waals surface area contributed by atoms with E-state index in [0.717, 1.165) is 75.1 Å². The summed E-state index contributed by atoms with van der Waals surface area (Å²) in [4.78, 5) is 7.52. The van der Waals surface area contributed by atoms with Gasteiger partial charge in [-0.2, -0.15) is 0 Å². The van der Waals surface area contributed by atoms with Crippen molar-refractivity contribution in [3.63, 3.8) is 0 Å². The van der Waals surface area contributed by atoms with Crippen LogP contribution in [0, 0.1) is 13.8 Å². The molecule has 0 saturated carbocycles. The van der Waals surface area contributed by atoms with Crippen LogP contribution in [0.5, 0.6) is 5.75 Å². The molecule has 0 N–H and O–H groups in total. The second-order valence-electron chi connectivity index (χ2n) is 8.87. The Morgan fingerprint density at radius 3 is 2.55 bits per heavy atom. The fourth-order valence-corrected chi connectivity index (χ4v) is 4.60. The van der Waals surface area contributed by atoms with Gasteiger partial charge in [0, 0.05) is 56.6 Å². The monoisotopic (exact) mass is 448 g/mol. The first kappa shape index (κ1) is 23.3. The van der Waals surface area contributed by atoms with E-state index in [1.807, 2.05) is 30.3 Å². The molecule has 6 heteroatoms. The first-order valence-corrected chi connectivity index (χ1v) is 11.9. The number of aryl methyl sites for hydroxylation is 2. The number of methoxy groups -OCH3 is 1. The van der Waals surface area contributed by atoms with Gasteiger partial charge in [-0.3, -0.25) is 9.80 Å². The third kappa shape index (κ3) is 5.75. The van der Waals surface area contributed by atoms with E-state index in [1.54, 1.807) is 7.11 Å². The van der Waals surface area contributed by atoms with Gasteiger partial charge in [-0.25, -0.2) is 0 Å². The molecule has 1 saturated heterocycles. The molecule has 0 aliphatic carbocycles. The predicted octanol–water partition coefficient (Wildman–Crippen LogP) is 4.61. The van der Waals surface area contributed by atoms with Crippen LogP contribution in [0.15, 0.2) is 53.1 Å². The van der Waals surface area contributed by atoms with Crippen LogP contribution in [-0.2, 0) is 6.54 Å². The Hall–Kier alpha value is -2.83. The zero-order valence-corrected chi connectivity index (χ0v) is 20.4. The lowest BCUT2D eigenvalue weighted by atomic mass is 10.1. The molecule has 1 aromatic heterocycles. The summed E-state index contributed by atoms with van der Waals surface area (Å²) >= 11 is 0. The maximum atomic E-state index is 5.66. The number of likely N-dealkylation sites (N-methyl/N-ethyl adjacent to an activating group) is 1. The quantitative estimate of drug-likeness (QED) is 0.476. The van der Waals surface area contributed by atoms with Crippen molar-refractivity contribution in [1.29, 1.82) is 0 Å². The van der Waals surface area contributed by atoms with Crippen molar-refractivity contribution in [2.75, 3.05) is 57.8 Å². The topological polar surface area (TPSA) is 45.0 Å². The highest BCUT2D eigenvalue weighted by atomic mass is 16.5. The minimum atomic E-state index is 0.765. The standard InChI is InChI=1S/C27H36N4O2/c1-5-29(20-23-19-25(28-33-23)24-8-6-7-9-27(24)32-4)12-13-30-14-16-31(17-15-30)26-11-10-21(2)18-22(26)3/h6-11,18-19H,5,12-17,20H2,1-4H3. The summed E-state index contributed by atoms with van der Waals surface area (Å²) in [5, 5.41) is 4.28. The Morgan fingerprint density at radius 2 is 1.82 bits per heavy atom. The fraction of sp³-hybridized carbons (Fsp3) is 0.444. The highest BCUT2D eigenvalue weighted by Crippen LogP contribution is 2.29. The van der Waals surface area contributed by atoms with E-state index in [9.17, 15) is 0 Å². The van der Waals surface area contributed by atoms with Gasteiger partial charge >= 0.3 is 0 Å². The Morgan fingerprint density at radius 1 is 1.03 bits per heavy atom. The molecule has 33 heavy (non-hydrogen) atoms. The van der Waals surface area contributed by atoms with Crippen LogP contribution in [0.3, 0.4) is 0 Å². The van der Waals surface area contributed by atoms with Gasteiger partial charge < -0.3 is 14.2 Å². The second kappa shape index (κ2) is 10.9. The van der Waals surface area contributed by atoms with E-state index in [-0.39, 0.29) is 0 Å². The van der Waals surface area contributed by atoms with Gasteiger partial charge in [0.1, 0.15) is 11.4 Å². The summed E-state index contributed by atoms with van der Waals surface area (Å²) in [5.41, 5.74) is 5.86. The molecule has 0 amide bonds. The molecule has 1 fully saturated rings. The smallest absolute Gasteiger partial charge is 0.151 e. The predicted molar refractivity (Wildman–Crippen MR) is 134 cm³/mol. The highest BCUT2D eigenvalue weighted by molar-refractivity contribution is 5.66. The molecule has 0 unspecified atom stereocenters. The van der Waals surface area contributed by atoms with Crippen LogP contribution in [0.1, 0.15) is 23.8 Å². The molecular formula is C27H36N4O2. The third-order valence-corrected chi connectivity index (χ3v) is 6.57. The lowest BCUT2D eigenvalue weighted by molar-refractivity contribution is 0.185. The molecule has 0 radical (unpaired) electrons. The summed E-state index contributed by atoms with van der Waals surface area (Å²) in [6.07, 6.45) is 0. The average molecular weight is 449 g/mol. The molecule has 4 rings (SSSR count). The van der Waals surface area contributed by atoms with Crippen LogP contribution in [0.25, 0.3) is 11.3 Å². The molecule has 6 nitrogen and oxygen atoms in total. The van der Waals surface area contributed by atoms with E-state index in [0.29, 0.717) is 0 Å². The van der Waals surface area contributed by atoms with Gasteiger partial charge in [-0.15, -0.1) is 0 Å². The number of piperazine rings is 1. The van der Waals surface area contributed by atoms with Gasteiger partial charge in [0.05, 0.1) is 13.7 Å². The Labute approximate surface area is 197 Å². The maximum absolute atomic E-state index is 5.66. The van der Waals surface area contributed by atoms with Gasteiger partial charge in [0.2, 0.25) is 0 Å². The van der Waals surface area contributed by atoms with E-state index < -0.39 is 0 Å². The van der Waals surface area contributed by atoms with Gasteiger partial charge in [-0.1, -0.05) is 41.9 Å². The zero-order valence-electron chi connectivity index (χ0n) is 20.4. The number of ether oxygens (including phenoxy) is 1. The molecule has 176 valence electrons. The zero-order chi connectivity index (χ0) is 23.2. The van der Waals surface area contributed by atoms with Crippen LogP contribution < -0.4 is 9.64 Å². The van der Waals surface area contributed by atoms with Crippen LogP contribution >= 0.6 is 0 Å². The van der Waals surface area contributed by atoms with Gasteiger partial charge in [0.15, 0.2) is 5.76 Å². The summed E-state index contributed by atoms with van der Waals surface area (Å²) < 4.78 is 11.1. The third-order valence-electron chi connectivity index (χ3n) is 6.57. The number of nitrogens with zero attached hydrogens (tertiary/aromatic N) is 4. The Bertz CT molecular complexity index is 1040. The SMILES string of the molecule is CCN(CCN1CCN(c2ccc(C)cc2C)CC1)Cc1cc(-c2ccccc2OC)no1. The van der Waals surface area contributed by atoms with Gasteiger partial charge in [0.25, 0.3) is 0 Å².